The zero-order valence-corrected chi connectivity index (χ0v) is 17.2. The molecule has 0 radical (unpaired) electrons. The van der Waals surface area contributed by atoms with Gasteiger partial charge in [-0.1, -0.05) is 6.07 Å². The lowest BCUT2D eigenvalue weighted by atomic mass is 9.62. The highest BCUT2D eigenvalue weighted by molar-refractivity contribution is 5.34. The Hall–Kier alpha value is -1.40. The minimum atomic E-state index is -0.358. The van der Waals surface area contributed by atoms with E-state index in [1.54, 1.807) is 12.1 Å². The number of rotatable bonds is 4. The van der Waals surface area contributed by atoms with Crippen molar-refractivity contribution in [3.63, 3.8) is 0 Å². The molecule has 3 fully saturated rings. The van der Waals surface area contributed by atoms with Gasteiger partial charge in [-0.3, -0.25) is 0 Å². The van der Waals surface area contributed by atoms with Crippen LogP contribution in [0.1, 0.15) is 88.2 Å². The molecule has 3 aliphatic carbocycles. The molecule has 152 valence electrons. The van der Waals surface area contributed by atoms with Gasteiger partial charge >= 0.3 is 0 Å². The van der Waals surface area contributed by atoms with Gasteiger partial charge in [0.2, 0.25) is 0 Å². The highest BCUT2D eigenvalue weighted by atomic mass is 19.1. The minimum absolute atomic E-state index is 0.160. The van der Waals surface area contributed by atoms with Crippen molar-refractivity contribution in [3.8, 4) is 6.07 Å². The van der Waals surface area contributed by atoms with Crippen molar-refractivity contribution in [1.82, 2.24) is 0 Å². The average molecular weight is 384 g/mol. The SMILES string of the molecule is CCOC1CCC2CC(C3CCC(c4ccc(C#N)c(F)c4)CC3)CCC2C1. The van der Waals surface area contributed by atoms with Crippen LogP contribution in [0.25, 0.3) is 0 Å². The molecule has 3 heteroatoms. The summed E-state index contributed by atoms with van der Waals surface area (Å²) in [7, 11) is 0. The zero-order valence-electron chi connectivity index (χ0n) is 17.2. The van der Waals surface area contributed by atoms with Gasteiger partial charge in [-0.15, -0.1) is 0 Å². The van der Waals surface area contributed by atoms with Crippen molar-refractivity contribution < 1.29 is 9.13 Å². The standard InChI is InChI=1S/C25H34FNO/c1-2-28-24-12-11-20-13-19(7-8-21(20)14-24)17-3-5-18(6-4-17)22-9-10-23(16-27)25(26)15-22/h9-10,15,17-21,24H,2-8,11-14H2,1H3. The number of nitrogens with zero attached hydrogens (tertiary/aromatic N) is 1. The third-order valence-corrected chi connectivity index (χ3v) is 8.03. The van der Waals surface area contributed by atoms with Crippen LogP contribution in [0.3, 0.4) is 0 Å². The van der Waals surface area contributed by atoms with E-state index in [9.17, 15) is 4.39 Å². The lowest BCUT2D eigenvalue weighted by molar-refractivity contribution is -0.0205. The summed E-state index contributed by atoms with van der Waals surface area (Å²) in [5.41, 5.74) is 1.25. The fourth-order valence-electron chi connectivity index (χ4n) is 6.50. The van der Waals surface area contributed by atoms with Gasteiger partial charge in [0, 0.05) is 6.61 Å². The molecule has 0 spiro atoms. The third-order valence-electron chi connectivity index (χ3n) is 8.03. The third kappa shape index (κ3) is 4.28. The molecule has 1 aromatic rings. The highest BCUT2D eigenvalue weighted by Crippen LogP contribution is 2.49. The molecule has 4 atom stereocenters. The summed E-state index contributed by atoms with van der Waals surface area (Å²) in [6, 6.07) is 7.14. The summed E-state index contributed by atoms with van der Waals surface area (Å²) in [4.78, 5) is 0. The van der Waals surface area contributed by atoms with Crippen molar-refractivity contribution in [2.24, 2.45) is 23.7 Å². The van der Waals surface area contributed by atoms with Gasteiger partial charge in [0.1, 0.15) is 11.9 Å². The fourth-order valence-corrected chi connectivity index (χ4v) is 6.50. The molecule has 0 bridgehead atoms. The molecule has 3 saturated carbocycles. The van der Waals surface area contributed by atoms with Crippen LogP contribution in [-0.2, 0) is 4.74 Å². The topological polar surface area (TPSA) is 33.0 Å². The van der Waals surface area contributed by atoms with Gasteiger partial charge in [0.25, 0.3) is 0 Å². The molecule has 4 unspecified atom stereocenters. The molecule has 0 N–H and O–H groups in total. The monoisotopic (exact) mass is 383 g/mol. The van der Waals surface area contributed by atoms with Crippen LogP contribution in [-0.4, -0.2) is 12.7 Å². The van der Waals surface area contributed by atoms with Crippen molar-refractivity contribution in [2.75, 3.05) is 6.61 Å². The first-order chi connectivity index (χ1) is 13.7. The summed E-state index contributed by atoms with van der Waals surface area (Å²) >= 11 is 0. The quantitative estimate of drug-likeness (QED) is 0.587. The molecule has 0 amide bonds. The number of hydrogen-bond donors (Lipinski definition) is 0. The van der Waals surface area contributed by atoms with E-state index in [1.807, 2.05) is 12.1 Å². The Labute approximate surface area is 169 Å². The molecule has 28 heavy (non-hydrogen) atoms. The molecule has 2 nitrogen and oxygen atoms in total. The fraction of sp³-hybridized carbons (Fsp3) is 0.720. The van der Waals surface area contributed by atoms with E-state index >= 15 is 0 Å². The predicted molar refractivity (Wildman–Crippen MR) is 109 cm³/mol. The van der Waals surface area contributed by atoms with Crippen molar-refractivity contribution in [2.45, 2.75) is 83.2 Å². The molecular formula is C25H34FNO. The zero-order chi connectivity index (χ0) is 19.5. The molecule has 4 rings (SSSR count). The van der Waals surface area contributed by atoms with E-state index in [2.05, 4.69) is 6.92 Å². The van der Waals surface area contributed by atoms with Gasteiger partial charge in [-0.05, 0) is 118 Å². The van der Waals surface area contributed by atoms with Crippen LogP contribution in [0, 0.1) is 40.8 Å². The second-order valence-corrected chi connectivity index (χ2v) is 9.45. The van der Waals surface area contributed by atoms with Crippen molar-refractivity contribution in [1.29, 1.82) is 5.26 Å². The Morgan fingerprint density at radius 1 is 0.929 bits per heavy atom. The van der Waals surface area contributed by atoms with Crippen LogP contribution < -0.4 is 0 Å². The second kappa shape index (κ2) is 8.95. The number of halogens is 1. The van der Waals surface area contributed by atoms with Gasteiger partial charge in [0.05, 0.1) is 11.7 Å². The minimum Gasteiger partial charge on any atom is -0.378 e. The molecule has 0 aromatic heterocycles. The van der Waals surface area contributed by atoms with E-state index in [-0.39, 0.29) is 11.4 Å². The summed E-state index contributed by atoms with van der Waals surface area (Å²) in [5.74, 6) is 3.72. The summed E-state index contributed by atoms with van der Waals surface area (Å²) < 4.78 is 19.9. The Morgan fingerprint density at radius 3 is 2.25 bits per heavy atom. The number of hydrogen-bond acceptors (Lipinski definition) is 2. The summed E-state index contributed by atoms with van der Waals surface area (Å²) in [6.07, 6.45) is 13.6. The Morgan fingerprint density at radius 2 is 1.57 bits per heavy atom. The maximum absolute atomic E-state index is 14.0. The van der Waals surface area contributed by atoms with Crippen LogP contribution in [0.2, 0.25) is 0 Å². The largest absolute Gasteiger partial charge is 0.378 e. The number of nitriles is 1. The van der Waals surface area contributed by atoms with Gasteiger partial charge in [-0.2, -0.15) is 5.26 Å². The lowest BCUT2D eigenvalue weighted by Crippen LogP contribution is -2.36. The lowest BCUT2D eigenvalue weighted by Gasteiger charge is -2.45. The molecule has 3 aliphatic rings. The number of fused-ring (bicyclic) bond motifs is 1. The summed E-state index contributed by atoms with van der Waals surface area (Å²) in [5, 5.41) is 8.93. The first-order valence-corrected chi connectivity index (χ1v) is 11.5. The summed E-state index contributed by atoms with van der Waals surface area (Å²) in [6.45, 7) is 2.97. The molecule has 1 aromatic carbocycles. The van der Waals surface area contributed by atoms with Crippen LogP contribution in [0.5, 0.6) is 0 Å². The van der Waals surface area contributed by atoms with Crippen molar-refractivity contribution in [3.05, 3.63) is 35.1 Å². The second-order valence-electron chi connectivity index (χ2n) is 9.45. The Balaban J connectivity index is 1.29. The van der Waals surface area contributed by atoms with Crippen LogP contribution in [0.4, 0.5) is 4.39 Å². The first kappa shape index (κ1) is 19.9. The highest BCUT2D eigenvalue weighted by Gasteiger charge is 2.39. The van der Waals surface area contributed by atoms with Crippen LogP contribution >= 0.6 is 0 Å². The van der Waals surface area contributed by atoms with Crippen molar-refractivity contribution >= 4 is 0 Å². The van der Waals surface area contributed by atoms with E-state index in [0.29, 0.717) is 12.0 Å². The smallest absolute Gasteiger partial charge is 0.141 e. The van der Waals surface area contributed by atoms with Gasteiger partial charge < -0.3 is 4.74 Å². The first-order valence-electron chi connectivity index (χ1n) is 11.5. The Bertz CT molecular complexity index is 703. The maximum atomic E-state index is 14.0. The van der Waals surface area contributed by atoms with Crippen LogP contribution in [0.15, 0.2) is 18.2 Å². The molecule has 0 aliphatic heterocycles. The molecular weight excluding hydrogens is 349 g/mol. The number of benzene rings is 1. The Kier molecular flexibility index (Phi) is 6.36. The normalized spacial score (nSPS) is 35.8. The predicted octanol–water partition coefficient (Wildman–Crippen LogP) is 6.59. The van der Waals surface area contributed by atoms with Gasteiger partial charge in [0.15, 0.2) is 0 Å². The molecule has 0 heterocycles. The molecule has 0 saturated heterocycles. The maximum Gasteiger partial charge on any atom is 0.141 e. The van der Waals surface area contributed by atoms with E-state index in [1.165, 1.54) is 64.2 Å². The van der Waals surface area contributed by atoms with E-state index < -0.39 is 0 Å². The van der Waals surface area contributed by atoms with Gasteiger partial charge in [-0.25, -0.2) is 4.39 Å². The van der Waals surface area contributed by atoms with E-state index in [0.717, 1.165) is 35.8 Å². The number of ether oxygens (including phenoxy) is 1. The average Bonchev–Trinajstić information content (AvgIpc) is 2.73. The van der Waals surface area contributed by atoms with E-state index in [4.69, 9.17) is 10.00 Å².